The van der Waals surface area contributed by atoms with Crippen LogP contribution in [-0.2, 0) is 0 Å². The van der Waals surface area contributed by atoms with Gasteiger partial charge in [-0.25, -0.2) is 0 Å². The Morgan fingerprint density at radius 2 is 1.94 bits per heavy atom. The zero-order valence-electron chi connectivity index (χ0n) is 10.3. The van der Waals surface area contributed by atoms with Crippen LogP contribution in [0.15, 0.2) is 22.7 Å². The Morgan fingerprint density at radius 3 is 2.59 bits per heavy atom. The Kier molecular flexibility index (Phi) is 4.04. The fourth-order valence-electron chi connectivity index (χ4n) is 2.24. The van der Waals surface area contributed by atoms with Crippen LogP contribution in [0.4, 0.5) is 0 Å². The molecule has 1 aliphatic rings. The van der Waals surface area contributed by atoms with Crippen molar-refractivity contribution in [2.45, 2.75) is 45.6 Å². The van der Waals surface area contributed by atoms with E-state index in [4.69, 9.17) is 16.3 Å². The quantitative estimate of drug-likeness (QED) is 0.704. The molecule has 1 aromatic rings. The Hall–Kier alpha value is -0.210. The van der Waals surface area contributed by atoms with Crippen LogP contribution >= 0.6 is 27.5 Å². The van der Waals surface area contributed by atoms with Gasteiger partial charge in [0.1, 0.15) is 5.75 Å². The molecule has 1 fully saturated rings. The van der Waals surface area contributed by atoms with Gasteiger partial charge in [0, 0.05) is 4.47 Å². The fourth-order valence-corrected chi connectivity index (χ4v) is 2.74. The Balaban J connectivity index is 2.00. The van der Waals surface area contributed by atoms with Gasteiger partial charge in [0.15, 0.2) is 0 Å². The molecule has 0 aliphatic heterocycles. The van der Waals surface area contributed by atoms with Gasteiger partial charge in [-0.2, -0.15) is 0 Å². The van der Waals surface area contributed by atoms with Gasteiger partial charge in [-0.05, 0) is 49.3 Å². The normalized spacial score (nSPS) is 20.2. The second-order valence-corrected chi connectivity index (χ2v) is 6.88. The topological polar surface area (TPSA) is 9.23 Å². The van der Waals surface area contributed by atoms with Crippen LogP contribution in [0.25, 0.3) is 0 Å². The lowest BCUT2D eigenvalue weighted by Crippen LogP contribution is -2.28. The van der Waals surface area contributed by atoms with Gasteiger partial charge in [-0.15, -0.1) is 0 Å². The van der Waals surface area contributed by atoms with Crippen molar-refractivity contribution in [3.63, 3.8) is 0 Å². The molecule has 0 unspecified atom stereocenters. The lowest BCUT2D eigenvalue weighted by atomic mass is 9.76. The van der Waals surface area contributed by atoms with Gasteiger partial charge >= 0.3 is 0 Å². The summed E-state index contributed by atoms with van der Waals surface area (Å²) in [6, 6.07) is 5.75. The molecule has 0 aromatic heterocycles. The third-order valence-corrected chi connectivity index (χ3v) is 4.28. The molecule has 1 aromatic carbocycles. The summed E-state index contributed by atoms with van der Waals surface area (Å²) in [6.07, 6.45) is 5.01. The van der Waals surface area contributed by atoms with Gasteiger partial charge in [-0.3, -0.25) is 0 Å². The maximum Gasteiger partial charge on any atom is 0.139 e. The Labute approximate surface area is 117 Å². The van der Waals surface area contributed by atoms with E-state index in [1.54, 1.807) is 0 Å². The number of hydrogen-bond donors (Lipinski definition) is 0. The predicted molar refractivity (Wildman–Crippen MR) is 75.8 cm³/mol. The largest absolute Gasteiger partial charge is 0.489 e. The number of ether oxygens (including phenoxy) is 1. The van der Waals surface area contributed by atoms with E-state index in [0.29, 0.717) is 16.5 Å². The second kappa shape index (κ2) is 5.19. The summed E-state index contributed by atoms with van der Waals surface area (Å²) in [4.78, 5) is 0. The SMILES string of the molecule is CC1(C)CCC(Oc2cc(Br)ccc2Cl)CC1. The molecule has 3 heteroatoms. The van der Waals surface area contributed by atoms with Crippen LogP contribution in [0.1, 0.15) is 39.5 Å². The fraction of sp³-hybridized carbons (Fsp3) is 0.571. The minimum Gasteiger partial charge on any atom is -0.489 e. The van der Waals surface area contributed by atoms with Crippen molar-refractivity contribution in [3.8, 4) is 5.75 Å². The van der Waals surface area contributed by atoms with Crippen molar-refractivity contribution < 1.29 is 4.74 Å². The monoisotopic (exact) mass is 316 g/mol. The molecule has 2 rings (SSSR count). The minimum atomic E-state index is 0.315. The highest BCUT2D eigenvalue weighted by Gasteiger charge is 2.28. The second-order valence-electron chi connectivity index (χ2n) is 5.56. The Bertz CT molecular complexity index is 393. The zero-order chi connectivity index (χ0) is 12.5. The highest BCUT2D eigenvalue weighted by Crippen LogP contribution is 2.38. The van der Waals surface area contributed by atoms with Crippen molar-refractivity contribution in [2.75, 3.05) is 0 Å². The molecule has 0 amide bonds. The lowest BCUT2D eigenvalue weighted by molar-refractivity contribution is 0.0988. The number of halogens is 2. The zero-order valence-corrected chi connectivity index (χ0v) is 12.6. The molecule has 94 valence electrons. The average molecular weight is 318 g/mol. The third kappa shape index (κ3) is 3.62. The number of hydrogen-bond acceptors (Lipinski definition) is 1. The summed E-state index contributed by atoms with van der Waals surface area (Å²) in [5, 5.41) is 0.693. The van der Waals surface area contributed by atoms with Crippen molar-refractivity contribution in [2.24, 2.45) is 5.41 Å². The molecular formula is C14H18BrClO. The minimum absolute atomic E-state index is 0.315. The summed E-state index contributed by atoms with van der Waals surface area (Å²) < 4.78 is 7.01. The smallest absolute Gasteiger partial charge is 0.139 e. The van der Waals surface area contributed by atoms with Crippen LogP contribution in [0.3, 0.4) is 0 Å². The average Bonchev–Trinajstić information content (AvgIpc) is 2.26. The lowest BCUT2D eigenvalue weighted by Gasteiger charge is -2.34. The van der Waals surface area contributed by atoms with Crippen LogP contribution in [0.2, 0.25) is 5.02 Å². The van der Waals surface area contributed by atoms with E-state index in [9.17, 15) is 0 Å². The number of benzene rings is 1. The van der Waals surface area contributed by atoms with Gasteiger partial charge in [0.2, 0.25) is 0 Å². The van der Waals surface area contributed by atoms with E-state index in [1.165, 1.54) is 12.8 Å². The van der Waals surface area contributed by atoms with Crippen molar-refractivity contribution in [1.82, 2.24) is 0 Å². The van der Waals surface area contributed by atoms with Gasteiger partial charge in [0.05, 0.1) is 11.1 Å². The molecular weight excluding hydrogens is 300 g/mol. The molecule has 1 saturated carbocycles. The van der Waals surface area contributed by atoms with Crippen molar-refractivity contribution in [3.05, 3.63) is 27.7 Å². The van der Waals surface area contributed by atoms with Gasteiger partial charge in [0.25, 0.3) is 0 Å². The summed E-state index contributed by atoms with van der Waals surface area (Å²) in [5.74, 6) is 0.797. The molecule has 1 aliphatic carbocycles. The first-order chi connectivity index (χ1) is 7.96. The van der Waals surface area contributed by atoms with Crippen LogP contribution in [0, 0.1) is 5.41 Å². The standard InChI is InChI=1S/C14H18BrClO/c1-14(2)7-5-11(6-8-14)17-13-9-10(15)3-4-12(13)16/h3-4,9,11H,5-8H2,1-2H3. The van der Waals surface area contributed by atoms with Gasteiger partial charge in [-0.1, -0.05) is 41.4 Å². The van der Waals surface area contributed by atoms with E-state index in [1.807, 2.05) is 18.2 Å². The van der Waals surface area contributed by atoms with E-state index in [0.717, 1.165) is 23.1 Å². The van der Waals surface area contributed by atoms with Crippen LogP contribution < -0.4 is 4.74 Å². The summed E-state index contributed by atoms with van der Waals surface area (Å²) in [7, 11) is 0. The summed E-state index contributed by atoms with van der Waals surface area (Å²) in [5.41, 5.74) is 0.473. The molecule has 0 saturated heterocycles. The summed E-state index contributed by atoms with van der Waals surface area (Å²) in [6.45, 7) is 4.66. The van der Waals surface area contributed by atoms with E-state index in [-0.39, 0.29) is 0 Å². The third-order valence-electron chi connectivity index (χ3n) is 3.47. The molecule has 0 spiro atoms. The first kappa shape index (κ1) is 13.2. The molecule has 1 nitrogen and oxygen atoms in total. The van der Waals surface area contributed by atoms with E-state index >= 15 is 0 Å². The first-order valence-electron chi connectivity index (χ1n) is 6.08. The number of rotatable bonds is 2. The molecule has 0 atom stereocenters. The molecule has 0 N–H and O–H groups in total. The first-order valence-corrected chi connectivity index (χ1v) is 7.25. The summed E-state index contributed by atoms with van der Waals surface area (Å²) >= 11 is 9.57. The maximum absolute atomic E-state index is 6.13. The highest BCUT2D eigenvalue weighted by atomic mass is 79.9. The molecule has 0 heterocycles. The van der Waals surface area contributed by atoms with Crippen LogP contribution in [0.5, 0.6) is 5.75 Å². The van der Waals surface area contributed by atoms with Crippen molar-refractivity contribution >= 4 is 27.5 Å². The Morgan fingerprint density at radius 1 is 1.29 bits per heavy atom. The molecule has 0 radical (unpaired) electrons. The maximum atomic E-state index is 6.13. The van der Waals surface area contributed by atoms with Crippen molar-refractivity contribution in [1.29, 1.82) is 0 Å². The van der Waals surface area contributed by atoms with E-state index in [2.05, 4.69) is 29.8 Å². The molecule has 17 heavy (non-hydrogen) atoms. The highest BCUT2D eigenvalue weighted by molar-refractivity contribution is 9.10. The molecule has 0 bridgehead atoms. The van der Waals surface area contributed by atoms with Gasteiger partial charge < -0.3 is 4.74 Å². The predicted octanol–water partition coefficient (Wildman–Crippen LogP) is 5.45. The van der Waals surface area contributed by atoms with E-state index < -0.39 is 0 Å². The van der Waals surface area contributed by atoms with Crippen LogP contribution in [-0.4, -0.2) is 6.10 Å².